The highest BCUT2D eigenvalue weighted by atomic mass is 16.5. The minimum absolute atomic E-state index is 0.224. The molecule has 1 aromatic rings. The van der Waals surface area contributed by atoms with Crippen molar-refractivity contribution < 1.29 is 9.53 Å². The summed E-state index contributed by atoms with van der Waals surface area (Å²) >= 11 is 0. The monoisotopic (exact) mass is 242 g/mol. The molecule has 0 aliphatic heterocycles. The number of benzene rings is 1. The van der Waals surface area contributed by atoms with Crippen LogP contribution in [0.2, 0.25) is 0 Å². The van der Waals surface area contributed by atoms with Gasteiger partial charge in [-0.15, -0.1) is 0 Å². The van der Waals surface area contributed by atoms with E-state index in [0.29, 0.717) is 18.1 Å². The van der Waals surface area contributed by atoms with Crippen molar-refractivity contribution in [1.82, 2.24) is 0 Å². The van der Waals surface area contributed by atoms with Gasteiger partial charge >= 0.3 is 0 Å². The lowest BCUT2D eigenvalue weighted by Crippen LogP contribution is -2.31. The van der Waals surface area contributed by atoms with Gasteiger partial charge in [0.05, 0.1) is 7.11 Å². The summed E-state index contributed by atoms with van der Waals surface area (Å²) in [6, 6.07) is 6.15. The van der Waals surface area contributed by atoms with Gasteiger partial charge in [0.1, 0.15) is 11.5 Å². The number of carbonyl (C=O) groups excluding carboxylic acids is 1. The van der Waals surface area contributed by atoms with Crippen molar-refractivity contribution in [2.24, 2.45) is 5.41 Å². The normalized spacial score (nSPS) is 30.0. The molecule has 1 saturated carbocycles. The molecule has 3 rings (SSSR count). The number of hydrogen-bond donors (Lipinski definition) is 0. The fraction of sp³-hybridized carbons (Fsp3) is 0.438. The molecule has 0 aromatic heterocycles. The fourth-order valence-electron chi connectivity index (χ4n) is 3.61. The molecule has 0 spiro atoms. The first kappa shape index (κ1) is 11.5. The van der Waals surface area contributed by atoms with E-state index in [9.17, 15) is 4.79 Å². The Balaban J connectivity index is 2.15. The van der Waals surface area contributed by atoms with Gasteiger partial charge in [0.25, 0.3) is 0 Å². The molecule has 2 nitrogen and oxygen atoms in total. The van der Waals surface area contributed by atoms with Gasteiger partial charge in [0, 0.05) is 11.8 Å². The van der Waals surface area contributed by atoms with Crippen molar-refractivity contribution in [2.45, 2.75) is 32.1 Å². The van der Waals surface area contributed by atoms with Crippen molar-refractivity contribution in [1.29, 1.82) is 0 Å². The van der Waals surface area contributed by atoms with Gasteiger partial charge in [-0.3, -0.25) is 4.79 Å². The number of Topliss-reactive ketones (excluding diaryl/α,β-unsaturated/α-hetero) is 1. The summed E-state index contributed by atoms with van der Waals surface area (Å²) in [6.45, 7) is 6.27. The van der Waals surface area contributed by atoms with Crippen LogP contribution in [0.15, 0.2) is 24.8 Å². The molecule has 0 bridgehead atoms. The highest BCUT2D eigenvalue weighted by molar-refractivity contribution is 5.92. The molecule has 2 atom stereocenters. The van der Waals surface area contributed by atoms with Crippen LogP contribution in [0, 0.1) is 5.41 Å². The van der Waals surface area contributed by atoms with E-state index in [1.165, 1.54) is 11.1 Å². The molecule has 0 amide bonds. The summed E-state index contributed by atoms with van der Waals surface area (Å²) in [7, 11) is 1.68. The van der Waals surface area contributed by atoms with Crippen LogP contribution in [0.25, 0.3) is 5.57 Å². The van der Waals surface area contributed by atoms with Crippen LogP contribution in [0.3, 0.4) is 0 Å². The van der Waals surface area contributed by atoms with E-state index in [1.54, 1.807) is 7.11 Å². The molecule has 0 N–H and O–H groups in total. The maximum Gasteiger partial charge on any atom is 0.139 e. The third-order valence-electron chi connectivity index (χ3n) is 4.66. The minimum atomic E-state index is -0.224. The van der Waals surface area contributed by atoms with Crippen molar-refractivity contribution >= 4 is 11.4 Å². The first-order valence-corrected chi connectivity index (χ1v) is 6.45. The number of methoxy groups -OCH3 is 1. The van der Waals surface area contributed by atoms with Crippen LogP contribution in [0.4, 0.5) is 0 Å². The summed E-state index contributed by atoms with van der Waals surface area (Å²) in [5.41, 5.74) is 3.31. The van der Waals surface area contributed by atoms with Crippen molar-refractivity contribution in [3.05, 3.63) is 35.9 Å². The zero-order chi connectivity index (χ0) is 12.9. The Labute approximate surface area is 108 Å². The molecule has 2 heteroatoms. The Morgan fingerprint density at radius 1 is 1.44 bits per heavy atom. The third-order valence-corrected chi connectivity index (χ3v) is 4.66. The zero-order valence-corrected chi connectivity index (χ0v) is 11.0. The average molecular weight is 242 g/mol. The number of hydrogen-bond acceptors (Lipinski definition) is 2. The molecular weight excluding hydrogens is 224 g/mol. The van der Waals surface area contributed by atoms with Crippen LogP contribution in [-0.4, -0.2) is 12.9 Å². The van der Waals surface area contributed by atoms with Gasteiger partial charge in [-0.2, -0.15) is 0 Å². The van der Waals surface area contributed by atoms with E-state index in [0.717, 1.165) is 24.2 Å². The molecule has 0 unspecified atom stereocenters. The number of ether oxygens (including phenoxy) is 1. The van der Waals surface area contributed by atoms with Gasteiger partial charge in [0.2, 0.25) is 0 Å². The van der Waals surface area contributed by atoms with E-state index in [1.807, 2.05) is 6.07 Å². The smallest absolute Gasteiger partial charge is 0.139 e. The van der Waals surface area contributed by atoms with Gasteiger partial charge in [0.15, 0.2) is 0 Å². The average Bonchev–Trinajstić information content (AvgIpc) is 2.65. The summed E-state index contributed by atoms with van der Waals surface area (Å²) in [4.78, 5) is 12.1. The van der Waals surface area contributed by atoms with E-state index in [4.69, 9.17) is 4.74 Å². The molecule has 0 radical (unpaired) electrons. The van der Waals surface area contributed by atoms with Crippen molar-refractivity contribution in [3.63, 3.8) is 0 Å². The van der Waals surface area contributed by atoms with Crippen LogP contribution < -0.4 is 4.74 Å². The largest absolute Gasteiger partial charge is 0.497 e. The Bertz CT molecular complexity index is 544. The number of fused-ring (bicyclic) bond motifs is 3. The van der Waals surface area contributed by atoms with Gasteiger partial charge in [-0.1, -0.05) is 19.6 Å². The lowest BCUT2D eigenvalue weighted by atomic mass is 9.65. The molecule has 18 heavy (non-hydrogen) atoms. The van der Waals surface area contributed by atoms with Crippen LogP contribution in [0.5, 0.6) is 5.75 Å². The number of rotatable bonds is 1. The maximum atomic E-state index is 12.1. The summed E-state index contributed by atoms with van der Waals surface area (Å²) in [6.07, 6.45) is 2.47. The first-order chi connectivity index (χ1) is 8.56. The molecule has 2 aliphatic rings. The highest BCUT2D eigenvalue weighted by Gasteiger charge is 2.49. The lowest BCUT2D eigenvalue weighted by molar-refractivity contribution is -0.125. The second kappa shape index (κ2) is 3.71. The standard InChI is InChI=1S/C16H18O2/c1-10-9-16(2)14(6-7-15(16)17)12-5-4-11(18-3)8-13(10)12/h4-5,8,14H,1,6-7,9H2,2-3H3/t14-,16+/m1/s1. The molecular formula is C16H18O2. The highest BCUT2D eigenvalue weighted by Crippen LogP contribution is 2.56. The molecule has 94 valence electrons. The van der Waals surface area contributed by atoms with Crippen LogP contribution in [0.1, 0.15) is 43.2 Å². The Morgan fingerprint density at radius 2 is 2.22 bits per heavy atom. The third kappa shape index (κ3) is 1.38. The number of ketones is 1. The fourth-order valence-corrected chi connectivity index (χ4v) is 3.61. The van der Waals surface area contributed by atoms with Gasteiger partial charge in [-0.05, 0) is 47.6 Å². The molecule has 0 heterocycles. The SMILES string of the molecule is C=C1C[C@]2(C)C(=O)CC[C@@H]2c2ccc(OC)cc21. The van der Waals surface area contributed by atoms with E-state index >= 15 is 0 Å². The quantitative estimate of drug-likeness (QED) is 0.752. The molecule has 1 fully saturated rings. The predicted molar refractivity (Wildman–Crippen MR) is 71.7 cm³/mol. The topological polar surface area (TPSA) is 26.3 Å². The van der Waals surface area contributed by atoms with Crippen LogP contribution in [-0.2, 0) is 4.79 Å². The van der Waals surface area contributed by atoms with E-state index in [2.05, 4.69) is 25.6 Å². The summed E-state index contributed by atoms with van der Waals surface area (Å²) in [5.74, 6) is 1.62. The zero-order valence-electron chi connectivity index (χ0n) is 11.0. The van der Waals surface area contributed by atoms with Gasteiger partial charge in [-0.25, -0.2) is 0 Å². The van der Waals surface area contributed by atoms with E-state index in [-0.39, 0.29) is 5.41 Å². The summed E-state index contributed by atoms with van der Waals surface area (Å²) in [5, 5.41) is 0. The second-order valence-corrected chi connectivity index (χ2v) is 5.67. The Kier molecular flexibility index (Phi) is 2.37. The number of carbonyl (C=O) groups is 1. The van der Waals surface area contributed by atoms with Crippen molar-refractivity contribution in [3.8, 4) is 5.75 Å². The van der Waals surface area contributed by atoms with Gasteiger partial charge < -0.3 is 4.74 Å². The minimum Gasteiger partial charge on any atom is -0.497 e. The molecule has 2 aliphatic carbocycles. The maximum absolute atomic E-state index is 12.1. The van der Waals surface area contributed by atoms with E-state index < -0.39 is 0 Å². The Hall–Kier alpha value is -1.57. The van der Waals surface area contributed by atoms with Crippen LogP contribution >= 0.6 is 0 Å². The summed E-state index contributed by atoms with van der Waals surface area (Å²) < 4.78 is 5.28. The molecule has 0 saturated heterocycles. The first-order valence-electron chi connectivity index (χ1n) is 6.45. The predicted octanol–water partition coefficient (Wildman–Crippen LogP) is 3.56. The molecule has 1 aromatic carbocycles. The number of allylic oxidation sites excluding steroid dienone is 1. The van der Waals surface area contributed by atoms with Crippen molar-refractivity contribution in [2.75, 3.05) is 7.11 Å². The Morgan fingerprint density at radius 3 is 2.94 bits per heavy atom. The lowest BCUT2D eigenvalue weighted by Gasteiger charge is -2.37. The second-order valence-electron chi connectivity index (χ2n) is 5.67.